The van der Waals surface area contributed by atoms with Crippen molar-refractivity contribution in [3.63, 3.8) is 0 Å². The highest BCUT2D eigenvalue weighted by Crippen LogP contribution is 2.30. The average molecular weight is 384 g/mol. The van der Waals surface area contributed by atoms with Gasteiger partial charge in [-0.25, -0.2) is 14.3 Å². The zero-order valence-corrected chi connectivity index (χ0v) is 16.4. The quantitative estimate of drug-likeness (QED) is 0.803. The fourth-order valence-corrected chi connectivity index (χ4v) is 4.36. The molecule has 2 aromatic heterocycles. The van der Waals surface area contributed by atoms with Crippen LogP contribution in [0.4, 0.5) is 0 Å². The number of carbonyl (C=O) groups is 1. The predicted molar refractivity (Wildman–Crippen MR) is 104 cm³/mol. The van der Waals surface area contributed by atoms with Crippen LogP contribution in [0.3, 0.4) is 0 Å². The third-order valence-corrected chi connectivity index (χ3v) is 6.23. The molecule has 0 radical (unpaired) electrons. The van der Waals surface area contributed by atoms with Crippen LogP contribution < -0.4 is 5.56 Å². The van der Waals surface area contributed by atoms with Crippen LogP contribution in [0.1, 0.15) is 45.4 Å². The number of hydrogen-bond acceptors (Lipinski definition) is 5. The summed E-state index contributed by atoms with van der Waals surface area (Å²) in [6, 6.07) is 3.17. The Balaban J connectivity index is 1.34. The van der Waals surface area contributed by atoms with Crippen LogP contribution in [-0.2, 0) is 11.3 Å². The molecule has 8 heteroatoms. The van der Waals surface area contributed by atoms with Crippen molar-refractivity contribution in [3.8, 4) is 5.82 Å². The van der Waals surface area contributed by atoms with Gasteiger partial charge in [-0.05, 0) is 56.4 Å². The van der Waals surface area contributed by atoms with E-state index in [0.29, 0.717) is 24.2 Å². The molecule has 0 N–H and O–H groups in total. The molecule has 1 aliphatic carbocycles. The molecule has 2 fully saturated rings. The van der Waals surface area contributed by atoms with Gasteiger partial charge in [-0.2, -0.15) is 5.10 Å². The molecule has 0 bridgehead atoms. The summed E-state index contributed by atoms with van der Waals surface area (Å²) < 4.78 is 3.06. The van der Waals surface area contributed by atoms with E-state index in [9.17, 15) is 9.59 Å². The minimum absolute atomic E-state index is 0.112. The monoisotopic (exact) mass is 384 g/mol. The summed E-state index contributed by atoms with van der Waals surface area (Å²) in [4.78, 5) is 31.0. The second kappa shape index (κ2) is 8.24. The molecule has 2 aromatic rings. The van der Waals surface area contributed by atoms with Crippen LogP contribution >= 0.6 is 0 Å². The lowest BCUT2D eigenvalue weighted by Gasteiger charge is -2.36. The van der Waals surface area contributed by atoms with Gasteiger partial charge in [0.15, 0.2) is 5.82 Å². The number of aromatic nitrogens is 5. The standard InChI is InChI=1S/C20H28N6O2/c1-15-2-4-17(5-3-15)20(28)24-10-8-16(9-11-24)12-25-19(27)7-6-18(23-25)26-14-21-13-22-26/h6-7,13-17H,2-5,8-12H2,1H3. The van der Waals surface area contributed by atoms with Gasteiger partial charge < -0.3 is 4.90 Å². The molecule has 1 amide bonds. The Bertz CT molecular complexity index is 846. The first kappa shape index (κ1) is 18.8. The molecule has 0 atom stereocenters. The SMILES string of the molecule is CC1CCC(C(=O)N2CCC(Cn3nc(-n4cncn4)ccc3=O)CC2)CC1. The van der Waals surface area contributed by atoms with Crippen molar-refractivity contribution in [1.29, 1.82) is 0 Å². The van der Waals surface area contributed by atoms with Crippen molar-refractivity contribution in [2.75, 3.05) is 13.1 Å². The largest absolute Gasteiger partial charge is 0.342 e. The molecular weight excluding hydrogens is 356 g/mol. The van der Waals surface area contributed by atoms with E-state index in [0.717, 1.165) is 44.7 Å². The molecule has 1 aliphatic heterocycles. The van der Waals surface area contributed by atoms with E-state index in [1.54, 1.807) is 17.1 Å². The van der Waals surface area contributed by atoms with Gasteiger partial charge in [-0.1, -0.05) is 6.92 Å². The second-order valence-corrected chi connectivity index (χ2v) is 8.28. The van der Waals surface area contributed by atoms with E-state index >= 15 is 0 Å². The van der Waals surface area contributed by atoms with E-state index in [2.05, 4.69) is 22.1 Å². The normalized spacial score (nSPS) is 23.7. The maximum Gasteiger partial charge on any atom is 0.266 e. The number of rotatable bonds is 4. The summed E-state index contributed by atoms with van der Waals surface area (Å²) in [5.41, 5.74) is -0.112. The number of piperidine rings is 1. The molecule has 150 valence electrons. The van der Waals surface area contributed by atoms with Crippen molar-refractivity contribution in [2.45, 2.75) is 52.0 Å². The van der Waals surface area contributed by atoms with E-state index < -0.39 is 0 Å². The van der Waals surface area contributed by atoms with Crippen LogP contribution in [-0.4, -0.2) is 48.4 Å². The van der Waals surface area contributed by atoms with E-state index in [1.807, 2.05) is 4.90 Å². The molecule has 0 spiro atoms. The molecule has 1 saturated heterocycles. The lowest BCUT2D eigenvalue weighted by atomic mass is 9.82. The summed E-state index contributed by atoms with van der Waals surface area (Å²) in [6.07, 6.45) is 9.24. The Morgan fingerprint density at radius 1 is 1.11 bits per heavy atom. The maximum atomic E-state index is 12.8. The van der Waals surface area contributed by atoms with Crippen LogP contribution in [0.15, 0.2) is 29.6 Å². The number of nitrogens with zero attached hydrogens (tertiary/aromatic N) is 6. The number of carbonyl (C=O) groups excluding carboxylic acids is 1. The molecular formula is C20H28N6O2. The molecule has 3 heterocycles. The Kier molecular flexibility index (Phi) is 5.54. The number of hydrogen-bond donors (Lipinski definition) is 0. The molecule has 8 nitrogen and oxygen atoms in total. The summed E-state index contributed by atoms with van der Waals surface area (Å²) in [7, 11) is 0. The first-order valence-corrected chi connectivity index (χ1v) is 10.3. The van der Waals surface area contributed by atoms with Crippen LogP contribution in [0.25, 0.3) is 5.82 Å². The van der Waals surface area contributed by atoms with Gasteiger partial charge in [0.05, 0.1) is 0 Å². The smallest absolute Gasteiger partial charge is 0.266 e. The fraction of sp³-hybridized carbons (Fsp3) is 0.650. The summed E-state index contributed by atoms with van der Waals surface area (Å²) in [5.74, 6) is 2.25. The lowest BCUT2D eigenvalue weighted by molar-refractivity contribution is -0.138. The van der Waals surface area contributed by atoms with Gasteiger partial charge in [-0.3, -0.25) is 9.59 Å². The number of likely N-dealkylation sites (tertiary alicyclic amines) is 1. The minimum atomic E-state index is -0.112. The van der Waals surface area contributed by atoms with Gasteiger partial charge in [0.2, 0.25) is 5.91 Å². The summed E-state index contributed by atoms with van der Waals surface area (Å²) in [5, 5.41) is 8.49. The van der Waals surface area contributed by atoms with Crippen molar-refractivity contribution < 1.29 is 4.79 Å². The molecule has 4 rings (SSSR count). The number of amides is 1. The van der Waals surface area contributed by atoms with Crippen molar-refractivity contribution >= 4 is 5.91 Å². The Labute approximate surface area is 164 Å². The Hall–Kier alpha value is -2.51. The lowest BCUT2D eigenvalue weighted by Crippen LogP contribution is -2.43. The van der Waals surface area contributed by atoms with Crippen molar-refractivity contribution in [2.24, 2.45) is 17.8 Å². The predicted octanol–water partition coefficient (Wildman–Crippen LogP) is 1.89. The zero-order valence-electron chi connectivity index (χ0n) is 16.4. The first-order chi connectivity index (χ1) is 13.6. The topological polar surface area (TPSA) is 85.9 Å². The van der Waals surface area contributed by atoms with Gasteiger partial charge in [0, 0.05) is 31.6 Å². The van der Waals surface area contributed by atoms with Gasteiger partial charge in [-0.15, -0.1) is 5.10 Å². The van der Waals surface area contributed by atoms with Gasteiger partial charge in [0.25, 0.3) is 5.56 Å². The second-order valence-electron chi connectivity index (χ2n) is 8.28. The maximum absolute atomic E-state index is 12.8. The Morgan fingerprint density at radius 2 is 1.86 bits per heavy atom. The molecule has 1 saturated carbocycles. The van der Waals surface area contributed by atoms with E-state index in [1.165, 1.54) is 29.9 Å². The van der Waals surface area contributed by atoms with Crippen LogP contribution in [0, 0.1) is 17.8 Å². The van der Waals surface area contributed by atoms with Crippen LogP contribution in [0.5, 0.6) is 0 Å². The highest BCUT2D eigenvalue weighted by Gasteiger charge is 2.30. The van der Waals surface area contributed by atoms with E-state index in [4.69, 9.17) is 0 Å². The van der Waals surface area contributed by atoms with Crippen molar-refractivity contribution in [1.82, 2.24) is 29.4 Å². The molecule has 0 unspecified atom stereocenters. The molecule has 28 heavy (non-hydrogen) atoms. The zero-order chi connectivity index (χ0) is 19.5. The molecule has 0 aromatic carbocycles. The highest BCUT2D eigenvalue weighted by atomic mass is 16.2. The van der Waals surface area contributed by atoms with Gasteiger partial charge in [0.1, 0.15) is 12.7 Å². The summed E-state index contributed by atoms with van der Waals surface area (Å²) >= 11 is 0. The molecule has 2 aliphatic rings. The third-order valence-electron chi connectivity index (χ3n) is 6.23. The van der Waals surface area contributed by atoms with E-state index in [-0.39, 0.29) is 11.5 Å². The van der Waals surface area contributed by atoms with Crippen molar-refractivity contribution in [3.05, 3.63) is 35.1 Å². The minimum Gasteiger partial charge on any atom is -0.342 e. The fourth-order valence-electron chi connectivity index (χ4n) is 4.36. The average Bonchev–Trinajstić information content (AvgIpc) is 3.25. The third kappa shape index (κ3) is 4.15. The van der Waals surface area contributed by atoms with Gasteiger partial charge >= 0.3 is 0 Å². The van der Waals surface area contributed by atoms with Crippen LogP contribution in [0.2, 0.25) is 0 Å². The Morgan fingerprint density at radius 3 is 2.54 bits per heavy atom. The first-order valence-electron chi connectivity index (χ1n) is 10.3. The summed E-state index contributed by atoms with van der Waals surface area (Å²) in [6.45, 7) is 4.42. The highest BCUT2D eigenvalue weighted by molar-refractivity contribution is 5.79.